The van der Waals surface area contributed by atoms with Gasteiger partial charge >= 0.3 is 0 Å². The quantitative estimate of drug-likeness (QED) is 0.271. The molecule has 0 bridgehead atoms. The number of hydrogen-bond acceptors (Lipinski definition) is 3. The van der Waals surface area contributed by atoms with Crippen molar-refractivity contribution < 1.29 is 4.74 Å². The molecule has 132 valence electrons. The molecule has 0 aromatic rings. The van der Waals surface area contributed by atoms with Crippen molar-refractivity contribution in [2.75, 3.05) is 40.4 Å². The summed E-state index contributed by atoms with van der Waals surface area (Å²) in [5.74, 6) is 0.949. The minimum atomic E-state index is 0. The number of nitrogens with zero attached hydrogens (tertiary/aromatic N) is 2. The Labute approximate surface area is 153 Å². The molecule has 22 heavy (non-hydrogen) atoms. The fraction of sp³-hybridized carbons (Fsp3) is 0.938. The van der Waals surface area contributed by atoms with Gasteiger partial charge in [-0.1, -0.05) is 0 Å². The summed E-state index contributed by atoms with van der Waals surface area (Å²) in [4.78, 5) is 6.87. The number of aliphatic imine (C=N–C) groups is 1. The second-order valence-corrected chi connectivity index (χ2v) is 6.10. The second kappa shape index (κ2) is 13.4. The molecule has 2 N–H and O–H groups in total. The van der Waals surface area contributed by atoms with Gasteiger partial charge in [0.1, 0.15) is 0 Å². The Morgan fingerprint density at radius 3 is 2.45 bits per heavy atom. The van der Waals surface area contributed by atoms with E-state index in [0.29, 0.717) is 12.1 Å². The summed E-state index contributed by atoms with van der Waals surface area (Å²) in [6, 6.07) is 1.22. The Bertz CT molecular complexity index is 292. The molecule has 0 aliphatic carbocycles. The van der Waals surface area contributed by atoms with Crippen LogP contribution in [0.25, 0.3) is 0 Å². The summed E-state index contributed by atoms with van der Waals surface area (Å²) < 4.78 is 5.06. The van der Waals surface area contributed by atoms with E-state index in [1.807, 2.05) is 7.05 Å². The average molecular weight is 426 g/mol. The maximum Gasteiger partial charge on any atom is 0.191 e. The monoisotopic (exact) mass is 426 g/mol. The van der Waals surface area contributed by atoms with E-state index in [-0.39, 0.29) is 24.0 Å². The van der Waals surface area contributed by atoms with Crippen molar-refractivity contribution in [1.29, 1.82) is 0 Å². The van der Waals surface area contributed by atoms with Crippen LogP contribution >= 0.6 is 24.0 Å². The summed E-state index contributed by atoms with van der Waals surface area (Å²) in [7, 11) is 3.61. The van der Waals surface area contributed by atoms with Crippen LogP contribution in [0.2, 0.25) is 0 Å². The molecule has 1 saturated heterocycles. The lowest BCUT2D eigenvalue weighted by Gasteiger charge is -2.35. The normalized spacial score (nSPS) is 17.4. The van der Waals surface area contributed by atoms with Crippen molar-refractivity contribution in [3.8, 4) is 0 Å². The van der Waals surface area contributed by atoms with Crippen LogP contribution in [0, 0.1) is 0 Å². The molecule has 0 aromatic heterocycles. The van der Waals surface area contributed by atoms with Crippen LogP contribution in [0.1, 0.15) is 46.0 Å². The Kier molecular flexibility index (Phi) is 13.3. The second-order valence-electron chi connectivity index (χ2n) is 6.10. The van der Waals surface area contributed by atoms with Crippen molar-refractivity contribution in [3.63, 3.8) is 0 Å². The highest BCUT2D eigenvalue weighted by molar-refractivity contribution is 14.0. The molecule has 6 heteroatoms. The summed E-state index contributed by atoms with van der Waals surface area (Å²) >= 11 is 0. The third-order valence-corrected chi connectivity index (χ3v) is 4.14. The highest BCUT2D eigenvalue weighted by Gasteiger charge is 2.21. The van der Waals surface area contributed by atoms with Crippen molar-refractivity contribution in [1.82, 2.24) is 15.5 Å². The number of likely N-dealkylation sites (tertiary alicyclic amines) is 1. The van der Waals surface area contributed by atoms with Gasteiger partial charge in [-0.3, -0.25) is 4.99 Å². The van der Waals surface area contributed by atoms with Gasteiger partial charge in [0.25, 0.3) is 0 Å². The third-order valence-electron chi connectivity index (χ3n) is 4.14. The van der Waals surface area contributed by atoms with Crippen LogP contribution in [0.5, 0.6) is 0 Å². The zero-order chi connectivity index (χ0) is 15.5. The van der Waals surface area contributed by atoms with E-state index < -0.39 is 0 Å². The molecule has 0 saturated carbocycles. The van der Waals surface area contributed by atoms with Gasteiger partial charge in [-0.25, -0.2) is 0 Å². The lowest BCUT2D eigenvalue weighted by Crippen LogP contribution is -2.49. The topological polar surface area (TPSA) is 48.9 Å². The predicted molar refractivity (Wildman–Crippen MR) is 105 cm³/mol. The first kappa shape index (κ1) is 21.9. The summed E-state index contributed by atoms with van der Waals surface area (Å²) in [6.45, 7) is 8.76. The average Bonchev–Trinajstić information content (AvgIpc) is 2.50. The van der Waals surface area contributed by atoms with Crippen molar-refractivity contribution >= 4 is 29.9 Å². The first-order valence-corrected chi connectivity index (χ1v) is 8.37. The lowest BCUT2D eigenvalue weighted by molar-refractivity contribution is 0.167. The molecular weight excluding hydrogens is 391 g/mol. The molecule has 1 rings (SSSR count). The number of halogens is 1. The fourth-order valence-corrected chi connectivity index (χ4v) is 2.70. The van der Waals surface area contributed by atoms with Crippen molar-refractivity contribution in [2.24, 2.45) is 4.99 Å². The standard InChI is InChI=1S/C16H34N4O.HI/c1-14(2)20-11-8-15(9-12-20)19-16(17-3)18-10-6-5-7-13-21-4;/h14-15H,5-13H2,1-4H3,(H2,17,18,19);1H. The molecule has 0 amide bonds. The van der Waals surface area contributed by atoms with E-state index in [9.17, 15) is 0 Å². The number of piperidine rings is 1. The molecule has 5 nitrogen and oxygen atoms in total. The van der Waals surface area contributed by atoms with Crippen LogP contribution in [0.15, 0.2) is 4.99 Å². The van der Waals surface area contributed by atoms with Gasteiger partial charge in [-0.15, -0.1) is 24.0 Å². The molecule has 1 heterocycles. The number of ether oxygens (including phenoxy) is 1. The number of nitrogens with one attached hydrogen (secondary N) is 2. The molecule has 0 unspecified atom stereocenters. The Morgan fingerprint density at radius 2 is 1.91 bits per heavy atom. The molecule has 0 aromatic carbocycles. The zero-order valence-electron chi connectivity index (χ0n) is 14.7. The molecule has 1 aliphatic rings. The Morgan fingerprint density at radius 1 is 1.23 bits per heavy atom. The number of unbranched alkanes of at least 4 members (excludes halogenated alkanes) is 2. The van der Waals surface area contributed by atoms with Crippen LogP contribution in [-0.2, 0) is 4.74 Å². The Hall–Kier alpha value is -0.0800. The van der Waals surface area contributed by atoms with Gasteiger partial charge in [-0.05, 0) is 46.0 Å². The van der Waals surface area contributed by atoms with Gasteiger partial charge in [0.05, 0.1) is 0 Å². The first-order valence-electron chi connectivity index (χ1n) is 8.37. The van der Waals surface area contributed by atoms with E-state index in [1.165, 1.54) is 32.4 Å². The largest absolute Gasteiger partial charge is 0.385 e. The summed E-state index contributed by atoms with van der Waals surface area (Å²) in [5.41, 5.74) is 0. The molecule has 0 radical (unpaired) electrons. The van der Waals surface area contributed by atoms with Crippen molar-refractivity contribution in [2.45, 2.75) is 58.0 Å². The van der Waals surface area contributed by atoms with Crippen LogP contribution < -0.4 is 10.6 Å². The van der Waals surface area contributed by atoms with E-state index in [0.717, 1.165) is 32.0 Å². The van der Waals surface area contributed by atoms with E-state index in [2.05, 4.69) is 34.4 Å². The van der Waals surface area contributed by atoms with E-state index in [1.54, 1.807) is 7.11 Å². The number of rotatable bonds is 8. The zero-order valence-corrected chi connectivity index (χ0v) is 17.1. The van der Waals surface area contributed by atoms with Crippen molar-refractivity contribution in [3.05, 3.63) is 0 Å². The number of hydrogen-bond donors (Lipinski definition) is 2. The molecule has 0 atom stereocenters. The minimum absolute atomic E-state index is 0. The Balaban J connectivity index is 0.00000441. The van der Waals surface area contributed by atoms with Crippen LogP contribution in [0.4, 0.5) is 0 Å². The SMILES string of the molecule is CN=C(NCCCCCOC)NC1CCN(C(C)C)CC1.I. The maximum absolute atomic E-state index is 5.06. The van der Waals surface area contributed by atoms with E-state index in [4.69, 9.17) is 4.74 Å². The van der Waals surface area contributed by atoms with Crippen LogP contribution in [0.3, 0.4) is 0 Å². The molecule has 0 spiro atoms. The first-order chi connectivity index (χ1) is 10.2. The van der Waals surface area contributed by atoms with Gasteiger partial charge in [0, 0.05) is 52.5 Å². The molecule has 1 fully saturated rings. The fourth-order valence-electron chi connectivity index (χ4n) is 2.70. The number of guanidine groups is 1. The summed E-state index contributed by atoms with van der Waals surface area (Å²) in [5, 5.41) is 6.97. The van der Waals surface area contributed by atoms with Gasteiger partial charge in [-0.2, -0.15) is 0 Å². The lowest BCUT2D eigenvalue weighted by atomic mass is 10.0. The van der Waals surface area contributed by atoms with E-state index >= 15 is 0 Å². The van der Waals surface area contributed by atoms with Crippen LogP contribution in [-0.4, -0.2) is 63.3 Å². The third kappa shape index (κ3) is 9.15. The predicted octanol–water partition coefficient (Wildman–Crippen LogP) is 2.46. The smallest absolute Gasteiger partial charge is 0.191 e. The van der Waals surface area contributed by atoms with Gasteiger partial charge < -0.3 is 20.3 Å². The highest BCUT2D eigenvalue weighted by Crippen LogP contribution is 2.12. The summed E-state index contributed by atoms with van der Waals surface area (Å²) in [6.07, 6.45) is 5.90. The molecule has 1 aliphatic heterocycles. The number of methoxy groups -OCH3 is 1. The van der Waals surface area contributed by atoms with Gasteiger partial charge in [0.2, 0.25) is 0 Å². The minimum Gasteiger partial charge on any atom is -0.385 e. The molecular formula is C16H35IN4O. The highest BCUT2D eigenvalue weighted by atomic mass is 127. The van der Waals surface area contributed by atoms with Gasteiger partial charge in [0.15, 0.2) is 5.96 Å². The maximum atomic E-state index is 5.06.